The second kappa shape index (κ2) is 6.86. The van der Waals surface area contributed by atoms with E-state index in [-0.39, 0.29) is 30.7 Å². The van der Waals surface area contributed by atoms with Crippen LogP contribution >= 0.6 is 0 Å². The van der Waals surface area contributed by atoms with Crippen molar-refractivity contribution >= 4 is 17.8 Å². The number of hydrogen-bond donors (Lipinski definition) is 3. The number of nitrogens with one attached hydrogen (secondary N) is 3. The summed E-state index contributed by atoms with van der Waals surface area (Å²) in [5, 5.41) is 7.77. The van der Waals surface area contributed by atoms with Crippen LogP contribution in [0.1, 0.15) is 62.3 Å². The Balaban J connectivity index is 1.56. The van der Waals surface area contributed by atoms with Crippen molar-refractivity contribution in [2.75, 3.05) is 0 Å². The first-order valence-corrected chi connectivity index (χ1v) is 8.92. The predicted molar refractivity (Wildman–Crippen MR) is 94.0 cm³/mol. The van der Waals surface area contributed by atoms with Gasteiger partial charge in [-0.25, -0.2) is 4.79 Å². The van der Waals surface area contributed by atoms with E-state index in [9.17, 15) is 14.4 Å². The van der Waals surface area contributed by atoms with E-state index in [0.717, 1.165) is 18.4 Å². The van der Waals surface area contributed by atoms with Crippen molar-refractivity contribution in [2.24, 2.45) is 0 Å². The second-order valence-corrected chi connectivity index (χ2v) is 7.26. The minimum atomic E-state index is -1.01. The van der Waals surface area contributed by atoms with E-state index >= 15 is 0 Å². The van der Waals surface area contributed by atoms with Crippen molar-refractivity contribution in [3.05, 3.63) is 34.9 Å². The fraction of sp³-hybridized carbons (Fsp3) is 0.526. The molecule has 1 aromatic carbocycles. The molecule has 2 atom stereocenters. The maximum Gasteiger partial charge on any atom is 0.322 e. The van der Waals surface area contributed by atoms with Crippen molar-refractivity contribution in [3.63, 3.8) is 0 Å². The van der Waals surface area contributed by atoms with E-state index in [2.05, 4.69) is 34.1 Å². The number of aryl methyl sites for hydroxylation is 2. The molecule has 134 valence electrons. The molecule has 1 aliphatic heterocycles. The zero-order valence-corrected chi connectivity index (χ0v) is 14.8. The molecular weight excluding hydrogens is 318 g/mol. The summed E-state index contributed by atoms with van der Waals surface area (Å²) < 4.78 is 0. The van der Waals surface area contributed by atoms with Gasteiger partial charge in [-0.05, 0) is 62.6 Å². The standard InChI is InChI=1S/C19H25N3O3/c1-12(14-8-7-13-5-3-4-6-15(13)11-14)20-16(23)9-10-19(2)17(24)21-18(25)22-19/h7-8,11-12H,3-6,9-10H2,1-2H3,(H,20,23)(H2,21,22,24,25). The lowest BCUT2D eigenvalue weighted by atomic mass is 9.89. The molecule has 1 aromatic rings. The molecule has 1 heterocycles. The summed E-state index contributed by atoms with van der Waals surface area (Å²) in [7, 11) is 0. The lowest BCUT2D eigenvalue weighted by molar-refractivity contribution is -0.125. The Morgan fingerprint density at radius 1 is 1.24 bits per heavy atom. The molecular formula is C19H25N3O3. The molecule has 0 saturated carbocycles. The predicted octanol–water partition coefficient (Wildman–Crippen LogP) is 2.12. The first kappa shape index (κ1) is 17.5. The Labute approximate surface area is 147 Å². The van der Waals surface area contributed by atoms with Gasteiger partial charge in [0.1, 0.15) is 5.54 Å². The highest BCUT2D eigenvalue weighted by atomic mass is 16.2. The number of carbonyl (C=O) groups excluding carboxylic acids is 3. The molecule has 2 aliphatic rings. The van der Waals surface area contributed by atoms with Crippen LogP contribution in [-0.2, 0) is 22.4 Å². The van der Waals surface area contributed by atoms with Gasteiger partial charge < -0.3 is 10.6 Å². The molecule has 6 heteroatoms. The number of amides is 4. The third-order valence-electron chi connectivity index (χ3n) is 5.22. The highest BCUT2D eigenvalue weighted by molar-refractivity contribution is 6.06. The Morgan fingerprint density at radius 3 is 2.64 bits per heavy atom. The van der Waals surface area contributed by atoms with Gasteiger partial charge in [-0.15, -0.1) is 0 Å². The number of imide groups is 1. The highest BCUT2D eigenvalue weighted by Crippen LogP contribution is 2.25. The normalized spacial score (nSPS) is 23.4. The van der Waals surface area contributed by atoms with Gasteiger partial charge in [-0.1, -0.05) is 18.2 Å². The Morgan fingerprint density at radius 2 is 1.96 bits per heavy atom. The van der Waals surface area contributed by atoms with Crippen molar-refractivity contribution in [1.82, 2.24) is 16.0 Å². The molecule has 0 spiro atoms. The van der Waals surface area contributed by atoms with Gasteiger partial charge in [0.2, 0.25) is 5.91 Å². The molecule has 25 heavy (non-hydrogen) atoms. The molecule has 0 bridgehead atoms. The van der Waals surface area contributed by atoms with Crippen molar-refractivity contribution in [3.8, 4) is 0 Å². The van der Waals surface area contributed by atoms with E-state index < -0.39 is 11.6 Å². The number of benzene rings is 1. The summed E-state index contributed by atoms with van der Waals surface area (Å²) in [6.07, 6.45) is 5.18. The van der Waals surface area contributed by atoms with Crippen LogP contribution in [0.4, 0.5) is 4.79 Å². The van der Waals surface area contributed by atoms with Crippen molar-refractivity contribution in [1.29, 1.82) is 0 Å². The topological polar surface area (TPSA) is 87.3 Å². The Hall–Kier alpha value is -2.37. The van der Waals surface area contributed by atoms with Crippen LogP contribution in [0.5, 0.6) is 0 Å². The second-order valence-electron chi connectivity index (χ2n) is 7.26. The molecule has 1 fully saturated rings. The number of fused-ring (bicyclic) bond motifs is 1. The van der Waals surface area contributed by atoms with Crippen LogP contribution < -0.4 is 16.0 Å². The Kier molecular flexibility index (Phi) is 4.79. The zero-order chi connectivity index (χ0) is 18.0. The molecule has 3 rings (SSSR count). The van der Waals surface area contributed by atoms with Crippen LogP contribution in [0.25, 0.3) is 0 Å². The molecule has 1 saturated heterocycles. The maximum absolute atomic E-state index is 12.2. The molecule has 2 unspecified atom stereocenters. The lowest BCUT2D eigenvalue weighted by Gasteiger charge is -2.22. The van der Waals surface area contributed by atoms with Gasteiger partial charge >= 0.3 is 6.03 Å². The van der Waals surface area contributed by atoms with E-state index in [0.29, 0.717) is 0 Å². The molecule has 6 nitrogen and oxygen atoms in total. The molecule has 4 amide bonds. The van der Waals surface area contributed by atoms with E-state index in [4.69, 9.17) is 0 Å². The van der Waals surface area contributed by atoms with Crippen molar-refractivity contribution < 1.29 is 14.4 Å². The van der Waals surface area contributed by atoms with E-state index in [1.807, 2.05) is 6.92 Å². The van der Waals surface area contributed by atoms with Crippen LogP contribution in [0.15, 0.2) is 18.2 Å². The third kappa shape index (κ3) is 3.83. The largest absolute Gasteiger partial charge is 0.350 e. The Bertz CT molecular complexity index is 716. The van der Waals surface area contributed by atoms with Gasteiger partial charge in [-0.2, -0.15) is 0 Å². The van der Waals surface area contributed by atoms with Gasteiger partial charge in [0.25, 0.3) is 5.91 Å². The fourth-order valence-corrected chi connectivity index (χ4v) is 3.54. The summed E-state index contributed by atoms with van der Waals surface area (Å²) in [6.45, 7) is 3.60. The maximum atomic E-state index is 12.2. The molecule has 3 N–H and O–H groups in total. The van der Waals surface area contributed by atoms with Gasteiger partial charge in [0.05, 0.1) is 6.04 Å². The summed E-state index contributed by atoms with van der Waals surface area (Å²) in [6, 6.07) is 5.87. The number of hydrogen-bond acceptors (Lipinski definition) is 3. The summed E-state index contributed by atoms with van der Waals surface area (Å²) in [5.74, 6) is -0.506. The third-order valence-corrected chi connectivity index (χ3v) is 5.22. The minimum Gasteiger partial charge on any atom is -0.350 e. The average Bonchev–Trinajstić information content (AvgIpc) is 2.85. The van der Waals surface area contributed by atoms with Gasteiger partial charge in [0, 0.05) is 6.42 Å². The molecule has 1 aliphatic carbocycles. The van der Waals surface area contributed by atoms with E-state index in [1.165, 1.54) is 24.0 Å². The SMILES string of the molecule is CC(NC(=O)CCC1(C)NC(=O)NC1=O)c1ccc2c(c1)CCCC2. The van der Waals surface area contributed by atoms with Crippen LogP contribution in [-0.4, -0.2) is 23.4 Å². The molecule has 0 aromatic heterocycles. The zero-order valence-electron chi connectivity index (χ0n) is 14.8. The first-order chi connectivity index (χ1) is 11.9. The first-order valence-electron chi connectivity index (χ1n) is 8.92. The number of rotatable bonds is 5. The fourth-order valence-electron chi connectivity index (χ4n) is 3.54. The minimum absolute atomic E-state index is 0.0838. The van der Waals surface area contributed by atoms with Crippen LogP contribution in [0.3, 0.4) is 0 Å². The van der Waals surface area contributed by atoms with E-state index in [1.54, 1.807) is 6.92 Å². The highest BCUT2D eigenvalue weighted by Gasteiger charge is 2.41. The number of carbonyl (C=O) groups is 3. The van der Waals surface area contributed by atoms with Crippen LogP contribution in [0, 0.1) is 0 Å². The molecule has 0 radical (unpaired) electrons. The van der Waals surface area contributed by atoms with Gasteiger partial charge in [-0.3, -0.25) is 14.9 Å². The lowest BCUT2D eigenvalue weighted by Crippen LogP contribution is -2.44. The summed E-state index contributed by atoms with van der Waals surface area (Å²) in [4.78, 5) is 35.3. The monoisotopic (exact) mass is 343 g/mol. The quantitative estimate of drug-likeness (QED) is 0.716. The van der Waals surface area contributed by atoms with Crippen molar-refractivity contribution in [2.45, 2.75) is 64.0 Å². The average molecular weight is 343 g/mol. The van der Waals surface area contributed by atoms with Gasteiger partial charge in [0.15, 0.2) is 0 Å². The summed E-state index contributed by atoms with van der Waals surface area (Å²) in [5.41, 5.74) is 2.91. The van der Waals surface area contributed by atoms with Crippen LogP contribution in [0.2, 0.25) is 0 Å². The smallest absolute Gasteiger partial charge is 0.322 e. The summed E-state index contributed by atoms with van der Waals surface area (Å²) >= 11 is 0. The number of urea groups is 1.